The fraction of sp³-hybridized carbons (Fsp3) is 0.714. The van der Waals surface area contributed by atoms with Crippen molar-refractivity contribution in [2.75, 3.05) is 13.2 Å². The van der Waals surface area contributed by atoms with Crippen molar-refractivity contribution in [2.24, 2.45) is 0 Å². The molecule has 1 unspecified atom stereocenters. The van der Waals surface area contributed by atoms with Crippen molar-refractivity contribution in [3.05, 3.63) is 21.9 Å². The molecule has 0 saturated carbocycles. The number of aryl methyl sites for hydroxylation is 1. The Kier molecular flexibility index (Phi) is 5.63. The van der Waals surface area contributed by atoms with Crippen molar-refractivity contribution in [1.82, 2.24) is 5.32 Å². The molecule has 1 heterocycles. The molecule has 0 fully saturated rings. The molecule has 17 heavy (non-hydrogen) atoms. The topological polar surface area (TPSA) is 21.3 Å². The molecule has 0 bridgehead atoms. The van der Waals surface area contributed by atoms with Crippen LogP contribution in [0.2, 0.25) is 0 Å². The SMILES string of the molecule is CCCNC(COC(C)(C)C)c1ccc(C)s1. The molecule has 3 heteroatoms. The Morgan fingerprint density at radius 2 is 2.06 bits per heavy atom. The fourth-order valence-electron chi connectivity index (χ4n) is 1.53. The summed E-state index contributed by atoms with van der Waals surface area (Å²) in [6.07, 6.45) is 1.15. The number of hydrogen-bond donors (Lipinski definition) is 1. The molecule has 0 saturated heterocycles. The molecular formula is C14H25NOS. The predicted molar refractivity (Wildman–Crippen MR) is 75.8 cm³/mol. The van der Waals surface area contributed by atoms with E-state index in [0.717, 1.165) is 19.6 Å². The number of hydrogen-bond acceptors (Lipinski definition) is 3. The number of thiophene rings is 1. The molecule has 98 valence electrons. The summed E-state index contributed by atoms with van der Waals surface area (Å²) in [5.74, 6) is 0. The molecule has 0 aliphatic heterocycles. The summed E-state index contributed by atoms with van der Waals surface area (Å²) in [5, 5.41) is 3.56. The van der Waals surface area contributed by atoms with Crippen LogP contribution >= 0.6 is 11.3 Å². The molecular weight excluding hydrogens is 230 g/mol. The van der Waals surface area contributed by atoms with Crippen LogP contribution in [0.3, 0.4) is 0 Å². The largest absolute Gasteiger partial charge is 0.374 e. The molecule has 1 aromatic rings. The summed E-state index contributed by atoms with van der Waals surface area (Å²) in [6, 6.07) is 4.71. The molecule has 1 rings (SSSR count). The van der Waals surface area contributed by atoms with Crippen molar-refractivity contribution in [2.45, 2.75) is 52.7 Å². The maximum absolute atomic E-state index is 5.90. The van der Waals surface area contributed by atoms with Gasteiger partial charge in [0.15, 0.2) is 0 Å². The summed E-state index contributed by atoms with van der Waals surface area (Å²) >= 11 is 1.85. The second-order valence-corrected chi connectivity index (χ2v) is 6.70. The average molecular weight is 255 g/mol. The van der Waals surface area contributed by atoms with Crippen LogP contribution in [0.1, 0.15) is 49.9 Å². The lowest BCUT2D eigenvalue weighted by molar-refractivity contribution is -0.0143. The van der Waals surface area contributed by atoms with Crippen LogP contribution in [0.4, 0.5) is 0 Å². The van der Waals surface area contributed by atoms with Gasteiger partial charge in [-0.05, 0) is 52.8 Å². The summed E-state index contributed by atoms with van der Waals surface area (Å²) in [6.45, 7) is 12.4. The lowest BCUT2D eigenvalue weighted by atomic mass is 10.2. The number of rotatable bonds is 6. The van der Waals surface area contributed by atoms with Crippen molar-refractivity contribution in [3.63, 3.8) is 0 Å². The van der Waals surface area contributed by atoms with Gasteiger partial charge in [0.05, 0.1) is 18.2 Å². The Morgan fingerprint density at radius 1 is 1.35 bits per heavy atom. The van der Waals surface area contributed by atoms with Crippen LogP contribution < -0.4 is 5.32 Å². The van der Waals surface area contributed by atoms with E-state index in [1.54, 1.807) is 0 Å². The lowest BCUT2D eigenvalue weighted by Crippen LogP contribution is -2.30. The van der Waals surface area contributed by atoms with Gasteiger partial charge >= 0.3 is 0 Å². The third kappa shape index (κ3) is 5.66. The van der Waals surface area contributed by atoms with Gasteiger partial charge in [-0.3, -0.25) is 0 Å². The average Bonchev–Trinajstić information content (AvgIpc) is 2.63. The van der Waals surface area contributed by atoms with Gasteiger partial charge in [0, 0.05) is 9.75 Å². The highest BCUT2D eigenvalue weighted by atomic mass is 32.1. The van der Waals surface area contributed by atoms with Gasteiger partial charge < -0.3 is 10.1 Å². The number of nitrogens with one attached hydrogen (secondary N) is 1. The van der Waals surface area contributed by atoms with E-state index in [2.05, 4.69) is 52.1 Å². The quantitative estimate of drug-likeness (QED) is 0.832. The Hall–Kier alpha value is -0.380. The van der Waals surface area contributed by atoms with Crippen LogP contribution in [0.5, 0.6) is 0 Å². The van der Waals surface area contributed by atoms with E-state index >= 15 is 0 Å². The molecule has 2 nitrogen and oxygen atoms in total. The maximum atomic E-state index is 5.90. The summed E-state index contributed by atoms with van der Waals surface area (Å²) in [5.41, 5.74) is -0.0710. The number of ether oxygens (including phenoxy) is 1. The zero-order valence-electron chi connectivity index (χ0n) is 11.7. The minimum Gasteiger partial charge on any atom is -0.374 e. The van der Waals surface area contributed by atoms with Gasteiger partial charge in [0.25, 0.3) is 0 Å². The van der Waals surface area contributed by atoms with Crippen molar-refractivity contribution < 1.29 is 4.74 Å². The molecule has 0 aliphatic carbocycles. The smallest absolute Gasteiger partial charge is 0.0676 e. The first-order valence-corrected chi connectivity index (χ1v) is 7.17. The second kappa shape index (κ2) is 6.53. The standard InChI is InChI=1S/C14H25NOS/c1-6-9-15-12(10-16-14(3,4)5)13-8-7-11(2)17-13/h7-8,12,15H,6,9-10H2,1-5H3. The summed E-state index contributed by atoms with van der Waals surface area (Å²) in [4.78, 5) is 2.74. The predicted octanol–water partition coefficient (Wildman–Crippen LogP) is 3.91. The van der Waals surface area contributed by atoms with Crippen molar-refractivity contribution in [3.8, 4) is 0 Å². The van der Waals surface area contributed by atoms with Gasteiger partial charge in [0.1, 0.15) is 0 Å². The minimum atomic E-state index is -0.0710. The highest BCUT2D eigenvalue weighted by molar-refractivity contribution is 7.12. The molecule has 1 aromatic heterocycles. The molecule has 0 spiro atoms. The first kappa shape index (κ1) is 14.7. The normalized spacial score (nSPS) is 13.9. The van der Waals surface area contributed by atoms with Gasteiger partial charge in [-0.25, -0.2) is 0 Å². The Labute approximate surface area is 109 Å². The van der Waals surface area contributed by atoms with Crippen LogP contribution in [0.15, 0.2) is 12.1 Å². The van der Waals surface area contributed by atoms with Crippen molar-refractivity contribution in [1.29, 1.82) is 0 Å². The van der Waals surface area contributed by atoms with Crippen LogP contribution in [-0.2, 0) is 4.74 Å². The zero-order chi connectivity index (χ0) is 12.9. The van der Waals surface area contributed by atoms with Gasteiger partial charge in [-0.15, -0.1) is 11.3 Å². The van der Waals surface area contributed by atoms with Crippen LogP contribution in [-0.4, -0.2) is 18.8 Å². The second-order valence-electron chi connectivity index (χ2n) is 5.38. The fourth-order valence-corrected chi connectivity index (χ4v) is 2.47. The van der Waals surface area contributed by atoms with Crippen LogP contribution in [0.25, 0.3) is 0 Å². The van der Waals surface area contributed by atoms with Gasteiger partial charge in [-0.2, -0.15) is 0 Å². The van der Waals surface area contributed by atoms with E-state index in [1.807, 2.05) is 11.3 Å². The minimum absolute atomic E-state index is 0.0710. The monoisotopic (exact) mass is 255 g/mol. The molecule has 1 N–H and O–H groups in total. The first-order valence-electron chi connectivity index (χ1n) is 6.36. The van der Waals surface area contributed by atoms with E-state index in [4.69, 9.17) is 4.74 Å². The van der Waals surface area contributed by atoms with Gasteiger partial charge in [-0.1, -0.05) is 6.92 Å². The summed E-state index contributed by atoms with van der Waals surface area (Å²) < 4.78 is 5.90. The van der Waals surface area contributed by atoms with Gasteiger partial charge in [0.2, 0.25) is 0 Å². The maximum Gasteiger partial charge on any atom is 0.0676 e. The summed E-state index contributed by atoms with van der Waals surface area (Å²) in [7, 11) is 0. The molecule has 1 atom stereocenters. The van der Waals surface area contributed by atoms with Crippen molar-refractivity contribution >= 4 is 11.3 Å². The lowest BCUT2D eigenvalue weighted by Gasteiger charge is -2.24. The van der Waals surface area contributed by atoms with E-state index in [1.165, 1.54) is 9.75 Å². The van der Waals surface area contributed by atoms with E-state index in [9.17, 15) is 0 Å². The Balaban J connectivity index is 2.60. The van der Waals surface area contributed by atoms with E-state index < -0.39 is 0 Å². The van der Waals surface area contributed by atoms with E-state index in [-0.39, 0.29) is 5.60 Å². The zero-order valence-corrected chi connectivity index (χ0v) is 12.5. The van der Waals surface area contributed by atoms with E-state index in [0.29, 0.717) is 6.04 Å². The third-order valence-electron chi connectivity index (χ3n) is 2.43. The van der Waals surface area contributed by atoms with Crippen LogP contribution in [0, 0.1) is 6.92 Å². The molecule has 0 aromatic carbocycles. The molecule has 0 amide bonds. The molecule has 0 aliphatic rings. The highest BCUT2D eigenvalue weighted by Gasteiger charge is 2.17. The first-order chi connectivity index (χ1) is 7.92. The molecule has 0 radical (unpaired) electrons. The highest BCUT2D eigenvalue weighted by Crippen LogP contribution is 2.24. The Morgan fingerprint density at radius 3 is 2.53 bits per heavy atom. The third-order valence-corrected chi connectivity index (χ3v) is 3.54. The Bertz CT molecular complexity index is 327.